The Hall–Kier alpha value is -4.27. The fraction of sp³-hybridized carbons (Fsp3) is 0.241. The molecule has 14 heteroatoms. The van der Waals surface area contributed by atoms with Crippen molar-refractivity contribution >= 4 is 43.9 Å². The number of carbonyl (C=O) groups is 1. The number of thiazole rings is 1. The minimum Gasteiger partial charge on any atom is -0.476 e. The SMILES string of the molecule is Cc1noc(C)c1-c1cc(/C(Nc2nc(C(=O)O)cs2)=C(\Cc2ccc(S(N)(=O)=O)cc2F)C(=N)CC2CC2)ccc1F. The van der Waals surface area contributed by atoms with Crippen LogP contribution in [0.3, 0.4) is 0 Å². The first-order valence-corrected chi connectivity index (χ1v) is 15.6. The topological polar surface area (TPSA) is 172 Å². The minimum absolute atomic E-state index is 0.0978. The van der Waals surface area contributed by atoms with Gasteiger partial charge in [-0.15, -0.1) is 11.3 Å². The van der Waals surface area contributed by atoms with E-state index in [1.54, 1.807) is 19.9 Å². The number of halogens is 2. The molecule has 0 aliphatic heterocycles. The van der Waals surface area contributed by atoms with E-state index in [4.69, 9.17) is 15.1 Å². The number of rotatable bonds is 11. The molecule has 5 rings (SSSR count). The van der Waals surface area contributed by atoms with Gasteiger partial charge in [-0.3, -0.25) is 0 Å². The third-order valence-electron chi connectivity index (χ3n) is 7.09. The van der Waals surface area contributed by atoms with Gasteiger partial charge < -0.3 is 20.4 Å². The van der Waals surface area contributed by atoms with Crippen LogP contribution in [0.5, 0.6) is 0 Å². The van der Waals surface area contributed by atoms with Gasteiger partial charge in [-0.05, 0) is 80.5 Å². The van der Waals surface area contributed by atoms with Crippen molar-refractivity contribution < 1.29 is 31.6 Å². The number of aromatic carboxylic acids is 1. The van der Waals surface area contributed by atoms with Crippen LogP contribution in [0.25, 0.3) is 16.8 Å². The summed E-state index contributed by atoms with van der Waals surface area (Å²) in [6.45, 7) is 3.34. The van der Waals surface area contributed by atoms with E-state index in [1.807, 2.05) is 0 Å². The number of nitrogens with two attached hydrogens (primary N) is 1. The van der Waals surface area contributed by atoms with Crippen LogP contribution < -0.4 is 10.5 Å². The first-order chi connectivity index (χ1) is 20.3. The fourth-order valence-corrected chi connectivity index (χ4v) is 5.93. The van der Waals surface area contributed by atoms with Gasteiger partial charge in [0.05, 0.1) is 21.8 Å². The number of aromatic nitrogens is 2. The normalized spacial score (nSPS) is 14.0. The molecule has 1 saturated carbocycles. The molecule has 43 heavy (non-hydrogen) atoms. The lowest BCUT2D eigenvalue weighted by molar-refractivity contribution is 0.0691. The van der Waals surface area contributed by atoms with Gasteiger partial charge in [0.2, 0.25) is 10.0 Å². The van der Waals surface area contributed by atoms with Crippen LogP contribution in [-0.2, 0) is 16.4 Å². The molecule has 1 aliphatic carbocycles. The molecule has 0 spiro atoms. The van der Waals surface area contributed by atoms with Crippen LogP contribution >= 0.6 is 11.3 Å². The third kappa shape index (κ3) is 6.71. The summed E-state index contributed by atoms with van der Waals surface area (Å²) in [4.78, 5) is 15.2. The Morgan fingerprint density at radius 3 is 2.51 bits per heavy atom. The first kappa shape index (κ1) is 30.2. The predicted octanol–water partition coefficient (Wildman–Crippen LogP) is 5.92. The zero-order valence-corrected chi connectivity index (χ0v) is 24.7. The largest absolute Gasteiger partial charge is 0.476 e. The van der Waals surface area contributed by atoms with E-state index >= 15 is 8.78 Å². The average Bonchev–Trinajstić information content (AvgIpc) is 3.51. The van der Waals surface area contributed by atoms with Crippen LogP contribution in [0.1, 0.15) is 52.3 Å². The number of carboxylic acid groups (broad SMARTS) is 1. The van der Waals surface area contributed by atoms with Crippen molar-refractivity contribution in [1.82, 2.24) is 10.1 Å². The highest BCUT2D eigenvalue weighted by Crippen LogP contribution is 2.37. The highest BCUT2D eigenvalue weighted by atomic mass is 32.2. The molecule has 10 nitrogen and oxygen atoms in total. The monoisotopic (exact) mass is 627 g/mol. The quantitative estimate of drug-likeness (QED) is 0.148. The standard InChI is InChI=1S/C29H27F2N5O5S2/c1-14-26(15(2)41-36-14)20-11-18(6-8-22(20)30)27(35-29-34-25(13-42-29)28(37)38)21(24(32)9-16-3-4-16)10-17-5-7-19(12-23(17)31)43(33,39)40/h5-8,11-13,16,32H,3-4,9-10H2,1-2H3,(H,34,35)(H,37,38)(H2,33,39,40)/b27-21-,32-24?. The Labute approximate surface area is 249 Å². The zero-order valence-electron chi connectivity index (χ0n) is 23.1. The Morgan fingerprint density at radius 2 is 1.93 bits per heavy atom. The van der Waals surface area contributed by atoms with E-state index in [1.165, 1.54) is 29.6 Å². The number of nitrogens with zero attached hydrogens (tertiary/aromatic N) is 2. The molecule has 0 radical (unpaired) electrons. The van der Waals surface area contributed by atoms with E-state index in [9.17, 15) is 18.3 Å². The van der Waals surface area contributed by atoms with Crippen molar-refractivity contribution in [3.05, 3.63) is 87.3 Å². The van der Waals surface area contributed by atoms with Crippen LogP contribution in [0.4, 0.5) is 13.9 Å². The molecule has 5 N–H and O–H groups in total. The molecule has 0 unspecified atom stereocenters. The molecular formula is C29H27F2N5O5S2. The van der Waals surface area contributed by atoms with Gasteiger partial charge in [-0.25, -0.2) is 32.1 Å². The highest BCUT2D eigenvalue weighted by Gasteiger charge is 2.27. The number of anilines is 1. The fourth-order valence-electron chi connectivity index (χ4n) is 4.72. The number of aryl methyl sites for hydroxylation is 2. The number of nitrogens with one attached hydrogen (secondary N) is 2. The molecule has 0 amide bonds. The maximum Gasteiger partial charge on any atom is 0.355 e. The summed E-state index contributed by atoms with van der Waals surface area (Å²) in [6.07, 6.45) is 2.14. The summed E-state index contributed by atoms with van der Waals surface area (Å²) in [5.74, 6) is -1.92. The van der Waals surface area contributed by atoms with E-state index in [0.717, 1.165) is 30.2 Å². The lowest BCUT2D eigenvalue weighted by Crippen LogP contribution is -2.15. The van der Waals surface area contributed by atoms with E-state index < -0.39 is 32.5 Å². The number of primary sulfonamides is 1. The van der Waals surface area contributed by atoms with Crippen molar-refractivity contribution in [2.75, 3.05) is 5.32 Å². The smallest absolute Gasteiger partial charge is 0.355 e. The summed E-state index contributed by atoms with van der Waals surface area (Å²) in [6, 6.07) is 7.62. The predicted molar refractivity (Wildman–Crippen MR) is 158 cm³/mol. The van der Waals surface area contributed by atoms with E-state index in [2.05, 4.69) is 15.5 Å². The summed E-state index contributed by atoms with van der Waals surface area (Å²) in [5, 5.41) is 32.2. The second kappa shape index (κ2) is 11.8. The summed E-state index contributed by atoms with van der Waals surface area (Å²) in [7, 11) is -4.15. The number of carboxylic acids is 1. The lowest BCUT2D eigenvalue weighted by atomic mass is 9.91. The number of sulfonamides is 1. The molecule has 1 fully saturated rings. The molecule has 0 bridgehead atoms. The Bertz CT molecular complexity index is 1870. The van der Waals surface area contributed by atoms with E-state index in [-0.39, 0.29) is 40.0 Å². The first-order valence-electron chi connectivity index (χ1n) is 13.1. The molecular weight excluding hydrogens is 600 g/mol. The van der Waals surface area contributed by atoms with Gasteiger partial charge in [0.25, 0.3) is 0 Å². The summed E-state index contributed by atoms with van der Waals surface area (Å²) >= 11 is 1.02. The lowest BCUT2D eigenvalue weighted by Gasteiger charge is -2.19. The van der Waals surface area contributed by atoms with Crippen LogP contribution in [0.2, 0.25) is 0 Å². The maximum atomic E-state index is 15.3. The molecule has 0 saturated heterocycles. The summed E-state index contributed by atoms with van der Waals surface area (Å²) in [5.41, 5.74) is 2.27. The second-order valence-corrected chi connectivity index (χ2v) is 12.7. The average molecular weight is 628 g/mol. The molecule has 0 atom stereocenters. The van der Waals surface area contributed by atoms with Gasteiger partial charge in [-0.2, -0.15) is 0 Å². The Kier molecular flexibility index (Phi) is 8.27. The third-order valence-corrected chi connectivity index (χ3v) is 8.76. The van der Waals surface area contributed by atoms with Crippen LogP contribution in [0.15, 0.2) is 56.8 Å². The molecule has 1 aliphatic rings. The number of hydrogen-bond acceptors (Lipinski definition) is 9. The van der Waals surface area contributed by atoms with Crippen molar-refractivity contribution in [2.24, 2.45) is 11.1 Å². The van der Waals surface area contributed by atoms with Crippen LogP contribution in [0, 0.1) is 36.8 Å². The van der Waals surface area contributed by atoms with Gasteiger partial charge in [0.1, 0.15) is 17.4 Å². The van der Waals surface area contributed by atoms with Crippen molar-refractivity contribution in [3.63, 3.8) is 0 Å². The van der Waals surface area contributed by atoms with E-state index in [0.29, 0.717) is 40.3 Å². The van der Waals surface area contributed by atoms with Crippen molar-refractivity contribution in [3.8, 4) is 11.1 Å². The number of hydrogen-bond donors (Lipinski definition) is 4. The van der Waals surface area contributed by atoms with Gasteiger partial charge >= 0.3 is 5.97 Å². The number of benzene rings is 2. The Balaban J connectivity index is 1.71. The molecule has 2 heterocycles. The molecule has 4 aromatic rings. The second-order valence-electron chi connectivity index (χ2n) is 10.3. The molecule has 2 aromatic heterocycles. The number of allylic oxidation sites excluding steroid dienone is 1. The molecule has 2 aromatic carbocycles. The zero-order chi connectivity index (χ0) is 31.1. The summed E-state index contributed by atoms with van der Waals surface area (Å²) < 4.78 is 59.3. The van der Waals surface area contributed by atoms with Crippen LogP contribution in [-0.4, -0.2) is 35.3 Å². The molecule has 224 valence electrons. The highest BCUT2D eigenvalue weighted by molar-refractivity contribution is 7.89. The van der Waals surface area contributed by atoms with Gasteiger partial charge in [-0.1, -0.05) is 11.2 Å². The van der Waals surface area contributed by atoms with Gasteiger partial charge in [0, 0.05) is 28.6 Å². The minimum atomic E-state index is -4.15. The van der Waals surface area contributed by atoms with Crippen molar-refractivity contribution in [2.45, 2.75) is 44.4 Å². The maximum absolute atomic E-state index is 15.3. The van der Waals surface area contributed by atoms with Gasteiger partial charge in [0.15, 0.2) is 10.8 Å². The van der Waals surface area contributed by atoms with Crippen molar-refractivity contribution in [1.29, 1.82) is 5.41 Å². The Morgan fingerprint density at radius 1 is 1.19 bits per heavy atom.